The van der Waals surface area contributed by atoms with Crippen LogP contribution in [0.4, 0.5) is 0 Å². The number of carbonyl (C=O) groups excluding carboxylic acids is 2. The van der Waals surface area contributed by atoms with E-state index in [2.05, 4.69) is 5.32 Å². The van der Waals surface area contributed by atoms with Crippen LogP contribution in [0.25, 0.3) is 11.1 Å². The molecule has 1 saturated heterocycles. The molecular weight excluding hydrogens is 386 g/mol. The Hall–Kier alpha value is -3.39. The van der Waals surface area contributed by atoms with E-state index in [4.69, 9.17) is 9.15 Å². The lowest BCUT2D eigenvalue weighted by Gasteiger charge is -2.33. The number of nitrogens with zero attached hydrogens (tertiary/aromatic N) is 2. The Labute approximate surface area is 173 Å². The number of carbonyl (C=O) groups is 2. The van der Waals surface area contributed by atoms with Crippen molar-refractivity contribution in [3.63, 3.8) is 0 Å². The third-order valence-corrected chi connectivity index (χ3v) is 5.10. The number of morpholine rings is 1. The number of benzene rings is 2. The van der Waals surface area contributed by atoms with Gasteiger partial charge in [-0.3, -0.25) is 14.2 Å². The highest BCUT2D eigenvalue weighted by molar-refractivity contribution is 5.78. The molecule has 1 aliphatic rings. The lowest BCUT2D eigenvalue weighted by molar-refractivity contribution is -0.149. The van der Waals surface area contributed by atoms with Crippen LogP contribution in [0.15, 0.2) is 63.8 Å². The maximum atomic E-state index is 12.3. The van der Waals surface area contributed by atoms with Crippen molar-refractivity contribution in [2.45, 2.75) is 25.6 Å². The van der Waals surface area contributed by atoms with Gasteiger partial charge < -0.3 is 19.4 Å². The van der Waals surface area contributed by atoms with Crippen molar-refractivity contribution in [1.82, 2.24) is 14.8 Å². The molecule has 30 heavy (non-hydrogen) atoms. The largest absolute Gasteiger partial charge is 0.419 e. The molecular formula is C22H23N3O5. The maximum absolute atomic E-state index is 12.3. The van der Waals surface area contributed by atoms with Crippen molar-refractivity contribution >= 4 is 22.9 Å². The topological polar surface area (TPSA) is 93.8 Å². The predicted octanol–water partition coefficient (Wildman–Crippen LogP) is 1.53. The Morgan fingerprint density at radius 2 is 1.83 bits per heavy atom. The zero-order valence-corrected chi connectivity index (χ0v) is 16.5. The molecule has 1 aliphatic heterocycles. The highest BCUT2D eigenvalue weighted by Gasteiger charge is 2.26. The van der Waals surface area contributed by atoms with Gasteiger partial charge in [-0.25, -0.2) is 4.79 Å². The fraction of sp³-hybridized carbons (Fsp3) is 0.318. The van der Waals surface area contributed by atoms with Crippen molar-refractivity contribution in [3.8, 4) is 0 Å². The molecule has 0 spiro atoms. The number of fused-ring (bicyclic) bond motifs is 1. The number of hydrogen-bond donors (Lipinski definition) is 1. The van der Waals surface area contributed by atoms with E-state index in [9.17, 15) is 14.4 Å². The molecule has 1 atom stereocenters. The number of aromatic nitrogens is 1. The second-order valence-electron chi connectivity index (χ2n) is 7.23. The second kappa shape index (κ2) is 8.96. The van der Waals surface area contributed by atoms with Crippen LogP contribution in [0.5, 0.6) is 0 Å². The first-order valence-corrected chi connectivity index (χ1v) is 9.88. The molecule has 1 unspecified atom stereocenters. The summed E-state index contributed by atoms with van der Waals surface area (Å²) in [5.74, 6) is -0.732. The van der Waals surface area contributed by atoms with E-state index in [1.807, 2.05) is 36.4 Å². The summed E-state index contributed by atoms with van der Waals surface area (Å²) in [5, 5.41) is 2.83. The van der Waals surface area contributed by atoms with Crippen molar-refractivity contribution in [3.05, 3.63) is 70.7 Å². The molecule has 0 bridgehead atoms. The molecule has 0 radical (unpaired) electrons. The zero-order valence-electron chi connectivity index (χ0n) is 16.5. The van der Waals surface area contributed by atoms with Crippen LogP contribution in [-0.4, -0.2) is 47.1 Å². The van der Waals surface area contributed by atoms with Gasteiger partial charge in [0.15, 0.2) is 5.58 Å². The highest BCUT2D eigenvalue weighted by Crippen LogP contribution is 2.13. The number of para-hydroxylation sites is 2. The van der Waals surface area contributed by atoms with E-state index in [1.165, 1.54) is 4.57 Å². The first-order chi connectivity index (χ1) is 14.6. The third-order valence-electron chi connectivity index (χ3n) is 5.10. The normalized spacial score (nSPS) is 16.7. The monoisotopic (exact) mass is 409 g/mol. The number of ether oxygens (including phenoxy) is 1. The van der Waals surface area contributed by atoms with Gasteiger partial charge >= 0.3 is 5.76 Å². The van der Waals surface area contributed by atoms with Gasteiger partial charge in [-0.05, 0) is 17.7 Å². The number of oxazole rings is 1. The maximum Gasteiger partial charge on any atom is 0.419 e. The van der Waals surface area contributed by atoms with E-state index in [0.29, 0.717) is 30.7 Å². The average Bonchev–Trinajstić information content (AvgIpc) is 3.08. The lowest BCUT2D eigenvalue weighted by Crippen LogP contribution is -2.50. The molecule has 2 amide bonds. The van der Waals surface area contributed by atoms with Crippen molar-refractivity contribution in [1.29, 1.82) is 0 Å². The van der Waals surface area contributed by atoms with E-state index in [-0.39, 0.29) is 37.5 Å². The first kappa shape index (κ1) is 19.9. The molecule has 1 aromatic heterocycles. The van der Waals surface area contributed by atoms with Gasteiger partial charge in [0.05, 0.1) is 11.6 Å². The zero-order chi connectivity index (χ0) is 20.9. The Morgan fingerprint density at radius 3 is 2.67 bits per heavy atom. The summed E-state index contributed by atoms with van der Waals surface area (Å²) in [6.07, 6.45) is -0.129. The van der Waals surface area contributed by atoms with Crippen LogP contribution in [0.2, 0.25) is 0 Å². The molecule has 156 valence electrons. The number of nitrogens with one attached hydrogen (secondary N) is 1. The number of amides is 2. The molecule has 0 aliphatic carbocycles. The minimum Gasteiger partial charge on any atom is -0.408 e. The third kappa shape index (κ3) is 4.60. The fourth-order valence-corrected chi connectivity index (χ4v) is 3.52. The molecule has 1 fully saturated rings. The fourth-order valence-electron chi connectivity index (χ4n) is 3.52. The lowest BCUT2D eigenvalue weighted by atomic mass is 10.2. The van der Waals surface area contributed by atoms with E-state index >= 15 is 0 Å². The minimum atomic E-state index is -0.477. The highest BCUT2D eigenvalue weighted by atomic mass is 16.5. The molecule has 1 N–H and O–H groups in total. The molecule has 8 nitrogen and oxygen atoms in total. The van der Waals surface area contributed by atoms with Crippen molar-refractivity contribution in [2.24, 2.45) is 0 Å². The Bertz CT molecular complexity index is 1090. The predicted molar refractivity (Wildman–Crippen MR) is 110 cm³/mol. The summed E-state index contributed by atoms with van der Waals surface area (Å²) >= 11 is 0. The summed E-state index contributed by atoms with van der Waals surface area (Å²) in [4.78, 5) is 38.1. The number of aryl methyl sites for hydroxylation is 1. The van der Waals surface area contributed by atoms with Crippen LogP contribution in [-0.2, 0) is 27.4 Å². The number of hydrogen-bond acceptors (Lipinski definition) is 5. The van der Waals surface area contributed by atoms with Gasteiger partial charge in [0.25, 0.3) is 0 Å². The minimum absolute atomic E-state index is 0.00374. The van der Waals surface area contributed by atoms with Gasteiger partial charge in [0.1, 0.15) is 6.61 Å². The van der Waals surface area contributed by atoms with Gasteiger partial charge in [-0.1, -0.05) is 42.5 Å². The van der Waals surface area contributed by atoms with E-state index in [0.717, 1.165) is 5.56 Å². The molecule has 3 aromatic rings. The summed E-state index contributed by atoms with van der Waals surface area (Å²) in [6.45, 7) is 1.47. The van der Waals surface area contributed by atoms with Gasteiger partial charge in [-0.15, -0.1) is 0 Å². The van der Waals surface area contributed by atoms with E-state index in [1.54, 1.807) is 23.1 Å². The van der Waals surface area contributed by atoms with Crippen LogP contribution in [0.1, 0.15) is 12.0 Å². The van der Waals surface area contributed by atoms with Crippen LogP contribution < -0.4 is 11.1 Å². The summed E-state index contributed by atoms with van der Waals surface area (Å²) in [6, 6.07) is 16.9. The summed E-state index contributed by atoms with van der Waals surface area (Å²) in [7, 11) is 0. The Morgan fingerprint density at radius 1 is 1.07 bits per heavy atom. The smallest absolute Gasteiger partial charge is 0.408 e. The van der Waals surface area contributed by atoms with Gasteiger partial charge in [-0.2, -0.15) is 0 Å². The summed E-state index contributed by atoms with van der Waals surface area (Å²) < 4.78 is 12.2. The molecule has 4 rings (SSSR count). The summed E-state index contributed by atoms with van der Waals surface area (Å²) in [5.41, 5.74) is 2.22. The van der Waals surface area contributed by atoms with Crippen LogP contribution in [0.3, 0.4) is 0 Å². The van der Waals surface area contributed by atoms with Crippen molar-refractivity contribution in [2.75, 3.05) is 19.7 Å². The Kier molecular flexibility index (Phi) is 5.94. The van der Waals surface area contributed by atoms with Gasteiger partial charge in [0.2, 0.25) is 11.8 Å². The molecule has 2 heterocycles. The quantitative estimate of drug-likeness (QED) is 0.639. The average molecular weight is 409 g/mol. The first-order valence-electron chi connectivity index (χ1n) is 9.88. The van der Waals surface area contributed by atoms with Crippen LogP contribution >= 0.6 is 0 Å². The van der Waals surface area contributed by atoms with Crippen LogP contribution in [0, 0.1) is 0 Å². The van der Waals surface area contributed by atoms with E-state index < -0.39 is 5.76 Å². The van der Waals surface area contributed by atoms with Crippen molar-refractivity contribution < 1.29 is 18.7 Å². The molecule has 8 heteroatoms. The SMILES string of the molecule is O=C(CCn1c(=O)oc2ccccc21)NCC1CN(Cc2ccccc2)C(=O)CO1. The molecule has 2 aromatic carbocycles. The van der Waals surface area contributed by atoms with Gasteiger partial charge in [0, 0.05) is 32.6 Å². The second-order valence-corrected chi connectivity index (χ2v) is 7.23. The number of rotatable bonds is 7. The molecule has 0 saturated carbocycles. The standard InChI is InChI=1S/C22H23N3O5/c26-20(10-11-25-18-8-4-5-9-19(18)30-22(25)28)23-12-17-14-24(21(27)15-29-17)13-16-6-2-1-3-7-16/h1-9,17H,10-15H2,(H,23,26). The Balaban J connectivity index is 1.27.